The number of hydrogen-bond donors (Lipinski definition) is 0. The highest BCUT2D eigenvalue weighted by molar-refractivity contribution is 6.18. The molecule has 0 spiro atoms. The maximum Gasteiger partial charge on any atom is 0.224 e. The molecule has 3 heteroatoms. The first-order valence-corrected chi connectivity index (χ1v) is 5.68. The molecule has 76 valence electrons. The molecule has 0 aromatic heterocycles. The monoisotopic (exact) mass is 203 g/mol. The summed E-state index contributed by atoms with van der Waals surface area (Å²) in [6, 6.07) is 0.476. The standard InChI is InChI=1S/C10H18ClNO/c1-2-9-5-3-4-8-12(9)10(13)6-7-11/h9H,2-8H2,1H3/t9-/m0/s1. The first-order valence-electron chi connectivity index (χ1n) is 5.15. The van der Waals surface area contributed by atoms with Crippen molar-refractivity contribution in [1.82, 2.24) is 4.90 Å². The molecular weight excluding hydrogens is 186 g/mol. The van der Waals surface area contributed by atoms with Crippen LogP contribution in [0, 0.1) is 0 Å². The van der Waals surface area contributed by atoms with E-state index in [-0.39, 0.29) is 5.91 Å². The number of carbonyl (C=O) groups is 1. The number of nitrogens with zero attached hydrogens (tertiary/aromatic N) is 1. The Morgan fingerprint density at radius 3 is 2.92 bits per heavy atom. The van der Waals surface area contributed by atoms with Crippen LogP contribution in [-0.4, -0.2) is 29.3 Å². The minimum atomic E-state index is 0.238. The zero-order valence-electron chi connectivity index (χ0n) is 8.26. The van der Waals surface area contributed by atoms with Crippen molar-refractivity contribution in [3.8, 4) is 0 Å². The average molecular weight is 204 g/mol. The van der Waals surface area contributed by atoms with Crippen molar-refractivity contribution in [3.05, 3.63) is 0 Å². The Morgan fingerprint density at radius 1 is 1.54 bits per heavy atom. The van der Waals surface area contributed by atoms with Gasteiger partial charge in [-0.1, -0.05) is 6.92 Å². The van der Waals surface area contributed by atoms with E-state index in [1.54, 1.807) is 0 Å². The van der Waals surface area contributed by atoms with E-state index in [1.165, 1.54) is 12.8 Å². The van der Waals surface area contributed by atoms with Gasteiger partial charge in [0.15, 0.2) is 0 Å². The maximum atomic E-state index is 11.6. The molecule has 1 heterocycles. The van der Waals surface area contributed by atoms with Gasteiger partial charge in [0, 0.05) is 24.9 Å². The van der Waals surface area contributed by atoms with Crippen LogP contribution in [0.15, 0.2) is 0 Å². The Morgan fingerprint density at radius 2 is 2.31 bits per heavy atom. The van der Waals surface area contributed by atoms with Gasteiger partial charge in [0.2, 0.25) is 5.91 Å². The number of hydrogen-bond acceptors (Lipinski definition) is 1. The molecule has 1 aliphatic heterocycles. The van der Waals surface area contributed by atoms with Gasteiger partial charge in [-0.05, 0) is 25.7 Å². The van der Waals surface area contributed by atoms with Crippen LogP contribution in [0.1, 0.15) is 39.0 Å². The maximum absolute atomic E-state index is 11.6. The molecule has 13 heavy (non-hydrogen) atoms. The quantitative estimate of drug-likeness (QED) is 0.646. The molecule has 0 aromatic rings. The minimum Gasteiger partial charge on any atom is -0.340 e. The van der Waals surface area contributed by atoms with E-state index in [2.05, 4.69) is 6.92 Å². The van der Waals surface area contributed by atoms with E-state index in [9.17, 15) is 4.79 Å². The molecule has 2 nitrogen and oxygen atoms in total. The summed E-state index contributed by atoms with van der Waals surface area (Å²) in [5.74, 6) is 0.688. The summed E-state index contributed by atoms with van der Waals surface area (Å²) in [4.78, 5) is 13.6. The SMILES string of the molecule is CC[C@H]1CCCCN1C(=O)CCCl. The molecule has 1 fully saturated rings. The van der Waals surface area contributed by atoms with Crippen molar-refractivity contribution in [2.24, 2.45) is 0 Å². The number of rotatable bonds is 3. The highest BCUT2D eigenvalue weighted by atomic mass is 35.5. The highest BCUT2D eigenvalue weighted by Crippen LogP contribution is 2.20. The van der Waals surface area contributed by atoms with E-state index in [4.69, 9.17) is 11.6 Å². The molecule has 1 atom stereocenters. The van der Waals surface area contributed by atoms with Gasteiger partial charge in [-0.15, -0.1) is 11.6 Å². The van der Waals surface area contributed by atoms with E-state index in [0.29, 0.717) is 18.3 Å². The number of piperidine rings is 1. The van der Waals surface area contributed by atoms with Gasteiger partial charge in [-0.25, -0.2) is 0 Å². The van der Waals surface area contributed by atoms with Gasteiger partial charge in [0.25, 0.3) is 0 Å². The third kappa shape index (κ3) is 2.87. The zero-order valence-corrected chi connectivity index (χ0v) is 9.02. The number of halogens is 1. The summed E-state index contributed by atoms with van der Waals surface area (Å²) in [6.07, 6.45) is 5.17. The van der Waals surface area contributed by atoms with Crippen LogP contribution >= 0.6 is 11.6 Å². The molecular formula is C10H18ClNO. The lowest BCUT2D eigenvalue weighted by Crippen LogP contribution is -2.43. The van der Waals surface area contributed by atoms with Crippen molar-refractivity contribution >= 4 is 17.5 Å². The summed E-state index contributed by atoms with van der Waals surface area (Å²) >= 11 is 5.56. The minimum absolute atomic E-state index is 0.238. The van der Waals surface area contributed by atoms with Crippen LogP contribution in [-0.2, 0) is 4.79 Å². The largest absolute Gasteiger partial charge is 0.340 e. The predicted molar refractivity (Wildman–Crippen MR) is 55.0 cm³/mol. The fraction of sp³-hybridized carbons (Fsp3) is 0.900. The van der Waals surface area contributed by atoms with Crippen LogP contribution in [0.5, 0.6) is 0 Å². The van der Waals surface area contributed by atoms with Crippen molar-refractivity contribution in [1.29, 1.82) is 0 Å². The smallest absolute Gasteiger partial charge is 0.224 e. The number of amides is 1. The van der Waals surface area contributed by atoms with Gasteiger partial charge >= 0.3 is 0 Å². The lowest BCUT2D eigenvalue weighted by Gasteiger charge is -2.35. The second-order valence-electron chi connectivity index (χ2n) is 3.58. The van der Waals surface area contributed by atoms with E-state index < -0.39 is 0 Å². The molecule has 0 radical (unpaired) electrons. The van der Waals surface area contributed by atoms with Crippen molar-refractivity contribution < 1.29 is 4.79 Å². The first kappa shape index (κ1) is 10.8. The van der Waals surface area contributed by atoms with Crippen LogP contribution in [0.2, 0.25) is 0 Å². The molecule has 0 aliphatic carbocycles. The van der Waals surface area contributed by atoms with Crippen LogP contribution in [0.25, 0.3) is 0 Å². The summed E-state index contributed by atoms with van der Waals surface area (Å²) < 4.78 is 0. The summed E-state index contributed by atoms with van der Waals surface area (Å²) in [5, 5.41) is 0. The third-order valence-corrected chi connectivity index (χ3v) is 2.92. The molecule has 0 aromatic carbocycles. The third-order valence-electron chi connectivity index (χ3n) is 2.73. The molecule has 0 bridgehead atoms. The first-order chi connectivity index (χ1) is 6.29. The fourth-order valence-electron chi connectivity index (χ4n) is 1.98. The average Bonchev–Trinajstić information content (AvgIpc) is 2.18. The summed E-state index contributed by atoms with van der Waals surface area (Å²) in [6.45, 7) is 3.09. The van der Waals surface area contributed by atoms with Crippen molar-refractivity contribution in [2.75, 3.05) is 12.4 Å². The number of carbonyl (C=O) groups excluding carboxylic acids is 1. The Balaban J connectivity index is 2.48. The van der Waals surface area contributed by atoms with Gasteiger partial charge in [-0.2, -0.15) is 0 Å². The van der Waals surface area contributed by atoms with E-state index in [1.807, 2.05) is 4.90 Å². The van der Waals surface area contributed by atoms with E-state index in [0.717, 1.165) is 19.4 Å². The molecule has 1 saturated heterocycles. The number of alkyl halides is 1. The summed E-state index contributed by atoms with van der Waals surface area (Å²) in [5.41, 5.74) is 0. The van der Waals surface area contributed by atoms with Gasteiger partial charge in [0.05, 0.1) is 0 Å². The molecule has 1 rings (SSSR count). The lowest BCUT2D eigenvalue weighted by atomic mass is 10.00. The molecule has 0 N–H and O–H groups in total. The van der Waals surface area contributed by atoms with Crippen molar-refractivity contribution in [3.63, 3.8) is 0 Å². The second kappa shape index (κ2) is 5.48. The Kier molecular flexibility index (Phi) is 4.57. The Bertz CT molecular complexity index is 172. The Hall–Kier alpha value is -0.240. The van der Waals surface area contributed by atoms with Gasteiger partial charge < -0.3 is 4.90 Å². The van der Waals surface area contributed by atoms with Crippen LogP contribution < -0.4 is 0 Å². The highest BCUT2D eigenvalue weighted by Gasteiger charge is 2.24. The molecule has 0 saturated carbocycles. The molecule has 1 aliphatic rings. The van der Waals surface area contributed by atoms with Gasteiger partial charge in [0.1, 0.15) is 0 Å². The lowest BCUT2D eigenvalue weighted by molar-refractivity contribution is -0.134. The topological polar surface area (TPSA) is 20.3 Å². The molecule has 0 unspecified atom stereocenters. The zero-order chi connectivity index (χ0) is 9.68. The number of likely N-dealkylation sites (tertiary alicyclic amines) is 1. The molecule has 1 amide bonds. The summed E-state index contributed by atoms with van der Waals surface area (Å²) in [7, 11) is 0. The van der Waals surface area contributed by atoms with Crippen LogP contribution in [0.3, 0.4) is 0 Å². The normalized spacial score (nSPS) is 23.2. The Labute approximate surface area is 85.2 Å². The second-order valence-corrected chi connectivity index (χ2v) is 3.96. The van der Waals surface area contributed by atoms with Gasteiger partial charge in [-0.3, -0.25) is 4.79 Å². The fourth-order valence-corrected chi connectivity index (χ4v) is 2.14. The van der Waals surface area contributed by atoms with E-state index >= 15 is 0 Å². The predicted octanol–water partition coefficient (Wildman–Crippen LogP) is 2.41. The van der Waals surface area contributed by atoms with Crippen LogP contribution in [0.4, 0.5) is 0 Å². The van der Waals surface area contributed by atoms with Crippen molar-refractivity contribution in [2.45, 2.75) is 45.1 Å².